The predicted octanol–water partition coefficient (Wildman–Crippen LogP) is 3.01. The molecule has 0 bridgehead atoms. The van der Waals surface area contributed by atoms with Gasteiger partial charge in [0.15, 0.2) is 23.0 Å². The molecule has 0 amide bonds. The Labute approximate surface area is 167 Å². The average molecular weight is 399 g/mol. The van der Waals surface area contributed by atoms with Crippen LogP contribution >= 0.6 is 0 Å². The van der Waals surface area contributed by atoms with E-state index in [4.69, 9.17) is 28.4 Å². The van der Waals surface area contributed by atoms with Gasteiger partial charge in [0.25, 0.3) is 0 Å². The van der Waals surface area contributed by atoms with Gasteiger partial charge in [0.05, 0.1) is 33.8 Å². The third kappa shape index (κ3) is 3.35. The maximum Gasteiger partial charge on any atom is 0.318 e. The van der Waals surface area contributed by atoms with Crippen LogP contribution in [0.2, 0.25) is 0 Å². The van der Waals surface area contributed by atoms with Crippen LogP contribution in [-0.2, 0) is 6.54 Å². The van der Waals surface area contributed by atoms with Gasteiger partial charge < -0.3 is 33.7 Å². The summed E-state index contributed by atoms with van der Waals surface area (Å²) in [4.78, 5) is 8.90. The summed E-state index contributed by atoms with van der Waals surface area (Å²) in [6.07, 6.45) is 0. The number of rotatable bonds is 7. The SMILES string of the molecule is COc1nc(NCc2ccc3c(c2)OCO3)c2cc(OC)c(OC)c(OC)c2n1. The van der Waals surface area contributed by atoms with Crippen molar-refractivity contribution in [2.24, 2.45) is 0 Å². The van der Waals surface area contributed by atoms with Crippen LogP contribution in [0.15, 0.2) is 24.3 Å². The summed E-state index contributed by atoms with van der Waals surface area (Å²) in [6.45, 7) is 0.740. The van der Waals surface area contributed by atoms with E-state index >= 15 is 0 Å². The van der Waals surface area contributed by atoms with Gasteiger partial charge in [-0.3, -0.25) is 0 Å². The molecule has 1 aliphatic rings. The Bertz CT molecular complexity index is 1060. The molecule has 0 saturated carbocycles. The van der Waals surface area contributed by atoms with E-state index in [1.165, 1.54) is 7.11 Å². The summed E-state index contributed by atoms with van der Waals surface area (Å²) >= 11 is 0. The minimum atomic E-state index is 0.205. The molecule has 1 aliphatic heterocycles. The van der Waals surface area contributed by atoms with Crippen LogP contribution in [0.3, 0.4) is 0 Å². The van der Waals surface area contributed by atoms with E-state index in [0.29, 0.717) is 40.5 Å². The van der Waals surface area contributed by atoms with Gasteiger partial charge in [-0.25, -0.2) is 0 Å². The van der Waals surface area contributed by atoms with E-state index in [1.54, 1.807) is 27.4 Å². The Morgan fingerprint density at radius 1 is 0.897 bits per heavy atom. The zero-order valence-corrected chi connectivity index (χ0v) is 16.6. The summed E-state index contributed by atoms with van der Waals surface area (Å²) < 4.78 is 32.5. The van der Waals surface area contributed by atoms with Gasteiger partial charge >= 0.3 is 6.01 Å². The fraction of sp³-hybridized carbons (Fsp3) is 0.300. The van der Waals surface area contributed by atoms with Crippen molar-refractivity contribution in [3.63, 3.8) is 0 Å². The van der Waals surface area contributed by atoms with E-state index in [9.17, 15) is 0 Å². The first-order chi connectivity index (χ1) is 14.2. The highest BCUT2D eigenvalue weighted by Gasteiger charge is 2.21. The molecule has 152 valence electrons. The molecule has 1 N–H and O–H groups in total. The lowest BCUT2D eigenvalue weighted by Gasteiger charge is -2.17. The highest BCUT2D eigenvalue weighted by molar-refractivity contribution is 5.97. The van der Waals surface area contributed by atoms with E-state index in [0.717, 1.165) is 17.1 Å². The van der Waals surface area contributed by atoms with Gasteiger partial charge in [-0.2, -0.15) is 9.97 Å². The van der Waals surface area contributed by atoms with Crippen molar-refractivity contribution in [3.05, 3.63) is 29.8 Å². The monoisotopic (exact) mass is 399 g/mol. The van der Waals surface area contributed by atoms with Gasteiger partial charge in [0.2, 0.25) is 12.5 Å². The maximum atomic E-state index is 5.55. The smallest absolute Gasteiger partial charge is 0.318 e. The van der Waals surface area contributed by atoms with Crippen LogP contribution < -0.4 is 33.7 Å². The summed E-state index contributed by atoms with van der Waals surface area (Å²) in [5.74, 6) is 3.44. The molecule has 29 heavy (non-hydrogen) atoms. The highest BCUT2D eigenvalue weighted by atomic mass is 16.7. The second-order valence-electron chi connectivity index (χ2n) is 6.14. The standard InChI is InChI=1S/C20H21N3O6/c1-24-15-8-12-16(18(26-3)17(15)25-2)22-20(27-4)23-19(12)21-9-11-5-6-13-14(7-11)29-10-28-13/h5-8H,9-10H2,1-4H3,(H,21,22,23). The molecular weight excluding hydrogens is 378 g/mol. The minimum Gasteiger partial charge on any atom is -0.493 e. The molecule has 1 aromatic heterocycles. The number of aromatic nitrogens is 2. The molecule has 0 spiro atoms. The van der Waals surface area contributed by atoms with Crippen molar-refractivity contribution in [1.29, 1.82) is 0 Å². The molecule has 0 aliphatic carbocycles. The van der Waals surface area contributed by atoms with Crippen molar-refractivity contribution in [2.45, 2.75) is 6.54 Å². The second kappa shape index (κ2) is 7.78. The fourth-order valence-electron chi connectivity index (χ4n) is 3.17. The number of anilines is 1. The number of hydrogen-bond donors (Lipinski definition) is 1. The second-order valence-corrected chi connectivity index (χ2v) is 6.14. The van der Waals surface area contributed by atoms with E-state index in [2.05, 4.69) is 15.3 Å². The van der Waals surface area contributed by atoms with Crippen LogP contribution in [0.4, 0.5) is 5.82 Å². The first-order valence-corrected chi connectivity index (χ1v) is 8.85. The number of fused-ring (bicyclic) bond motifs is 2. The molecule has 0 unspecified atom stereocenters. The number of nitrogens with zero attached hydrogens (tertiary/aromatic N) is 2. The van der Waals surface area contributed by atoms with Crippen molar-refractivity contribution in [1.82, 2.24) is 9.97 Å². The van der Waals surface area contributed by atoms with E-state index in [1.807, 2.05) is 18.2 Å². The topological polar surface area (TPSA) is 93.2 Å². The summed E-state index contributed by atoms with van der Waals surface area (Å²) in [5.41, 5.74) is 1.55. The van der Waals surface area contributed by atoms with Crippen molar-refractivity contribution >= 4 is 16.7 Å². The van der Waals surface area contributed by atoms with E-state index < -0.39 is 0 Å². The third-order valence-electron chi connectivity index (χ3n) is 4.55. The number of nitrogens with one attached hydrogen (secondary N) is 1. The van der Waals surface area contributed by atoms with Gasteiger partial charge in [-0.05, 0) is 23.8 Å². The number of hydrogen-bond acceptors (Lipinski definition) is 9. The number of benzene rings is 2. The van der Waals surface area contributed by atoms with Gasteiger partial charge in [0, 0.05) is 6.54 Å². The summed E-state index contributed by atoms with van der Waals surface area (Å²) in [7, 11) is 6.16. The van der Waals surface area contributed by atoms with Crippen LogP contribution in [0.25, 0.3) is 10.9 Å². The minimum absolute atomic E-state index is 0.205. The average Bonchev–Trinajstić information content (AvgIpc) is 3.23. The first-order valence-electron chi connectivity index (χ1n) is 8.85. The summed E-state index contributed by atoms with van der Waals surface area (Å²) in [6, 6.07) is 7.79. The Morgan fingerprint density at radius 3 is 2.41 bits per heavy atom. The molecular formula is C20H21N3O6. The number of ether oxygens (including phenoxy) is 6. The van der Waals surface area contributed by atoms with Crippen LogP contribution in [0.5, 0.6) is 34.8 Å². The lowest BCUT2D eigenvalue weighted by atomic mass is 10.1. The zero-order chi connectivity index (χ0) is 20.4. The van der Waals surface area contributed by atoms with Gasteiger partial charge in [-0.1, -0.05) is 6.07 Å². The fourth-order valence-corrected chi connectivity index (χ4v) is 3.17. The molecule has 3 aromatic rings. The quantitative estimate of drug-likeness (QED) is 0.643. The lowest BCUT2D eigenvalue weighted by Crippen LogP contribution is -2.06. The zero-order valence-electron chi connectivity index (χ0n) is 16.6. The van der Waals surface area contributed by atoms with Crippen LogP contribution in [-0.4, -0.2) is 45.2 Å². The predicted molar refractivity (Wildman–Crippen MR) is 106 cm³/mol. The van der Waals surface area contributed by atoms with Crippen LogP contribution in [0.1, 0.15) is 5.56 Å². The Balaban J connectivity index is 1.76. The van der Waals surface area contributed by atoms with Gasteiger partial charge in [-0.15, -0.1) is 0 Å². The van der Waals surface area contributed by atoms with Crippen LogP contribution in [0, 0.1) is 0 Å². The molecule has 0 fully saturated rings. The number of methoxy groups -OCH3 is 4. The normalized spacial score (nSPS) is 12.0. The van der Waals surface area contributed by atoms with Crippen molar-refractivity contribution in [3.8, 4) is 34.8 Å². The maximum absolute atomic E-state index is 5.55. The molecule has 0 saturated heterocycles. The Kier molecular flexibility index (Phi) is 5.03. The van der Waals surface area contributed by atoms with Gasteiger partial charge in [0.1, 0.15) is 11.3 Å². The molecule has 4 rings (SSSR count). The lowest BCUT2D eigenvalue weighted by molar-refractivity contribution is 0.174. The molecule has 0 atom stereocenters. The Morgan fingerprint density at radius 2 is 1.69 bits per heavy atom. The van der Waals surface area contributed by atoms with Crippen molar-refractivity contribution < 1.29 is 28.4 Å². The van der Waals surface area contributed by atoms with Crippen molar-refractivity contribution in [2.75, 3.05) is 40.5 Å². The largest absolute Gasteiger partial charge is 0.493 e. The molecule has 0 radical (unpaired) electrons. The third-order valence-corrected chi connectivity index (χ3v) is 4.55. The molecule has 9 heteroatoms. The Hall–Kier alpha value is -3.62. The summed E-state index contributed by atoms with van der Waals surface area (Å²) in [5, 5.41) is 4.04. The van der Waals surface area contributed by atoms with E-state index in [-0.39, 0.29) is 12.8 Å². The molecule has 9 nitrogen and oxygen atoms in total. The molecule has 2 aromatic carbocycles. The molecule has 2 heterocycles. The highest BCUT2D eigenvalue weighted by Crippen LogP contribution is 2.44. The first kappa shape index (κ1) is 18.7.